The van der Waals surface area contributed by atoms with Gasteiger partial charge in [-0.2, -0.15) is 8.42 Å². The van der Waals surface area contributed by atoms with E-state index in [9.17, 15) is 18.0 Å². The number of carboxylic acid groups (broad SMARTS) is 1. The van der Waals surface area contributed by atoms with Crippen LogP contribution in [0.4, 0.5) is 0 Å². The highest BCUT2D eigenvalue weighted by atomic mass is 32.2. The molecule has 0 radical (unpaired) electrons. The Kier molecular flexibility index (Phi) is 11.5. The minimum atomic E-state index is -3.84. The number of β-amino-alcohol motifs (C(OH)–C–C–N with tert-alkyl or cyclic N) is 1. The fourth-order valence-corrected chi connectivity index (χ4v) is 2.53. The predicted octanol–water partition coefficient (Wildman–Crippen LogP) is -2.85. The lowest BCUT2D eigenvalue weighted by atomic mass is 10.2. The summed E-state index contributed by atoms with van der Waals surface area (Å²) in [6.07, 6.45) is 0.123. The van der Waals surface area contributed by atoms with Crippen LogP contribution < -0.4 is 11.5 Å². The lowest BCUT2D eigenvalue weighted by molar-refractivity contribution is -0.138. The molecule has 1 aliphatic rings. The molecule has 7 N–H and O–H groups in total. The highest BCUT2D eigenvalue weighted by Gasteiger charge is 2.17. The molecule has 1 saturated heterocycles. The quantitative estimate of drug-likeness (QED) is 0.259. The maximum Gasteiger partial charge on any atom is 0.320 e. The topological polar surface area (TPSA) is 187 Å². The molecule has 0 aromatic heterocycles. The highest BCUT2D eigenvalue weighted by molar-refractivity contribution is 7.85. The van der Waals surface area contributed by atoms with E-state index in [0.29, 0.717) is 13.1 Å². The van der Waals surface area contributed by atoms with Crippen LogP contribution >= 0.6 is 0 Å². The molecule has 0 aromatic carbocycles. The van der Waals surface area contributed by atoms with Gasteiger partial charge in [0.05, 0.1) is 12.4 Å². The van der Waals surface area contributed by atoms with E-state index in [1.807, 2.05) is 4.90 Å². The zero-order valence-corrected chi connectivity index (χ0v) is 14.9. The Morgan fingerprint density at radius 2 is 1.56 bits per heavy atom. The summed E-state index contributed by atoms with van der Waals surface area (Å²) in [5, 5.41) is 16.9. The summed E-state index contributed by atoms with van der Waals surface area (Å²) in [5.41, 5.74) is 9.81. The van der Waals surface area contributed by atoms with Crippen LogP contribution in [0.15, 0.2) is 0 Å². The molecule has 148 valence electrons. The van der Waals surface area contributed by atoms with E-state index >= 15 is 0 Å². The summed E-state index contributed by atoms with van der Waals surface area (Å²) in [7, 11) is -3.84. The van der Waals surface area contributed by atoms with Crippen molar-refractivity contribution in [3.8, 4) is 0 Å². The number of primary amides is 1. The minimum absolute atomic E-state index is 0.0213. The number of aliphatic hydroxyl groups excluding tert-OH is 1. The van der Waals surface area contributed by atoms with Crippen LogP contribution in [0.3, 0.4) is 0 Å². The van der Waals surface area contributed by atoms with Gasteiger partial charge in [-0.25, -0.2) is 0 Å². The highest BCUT2D eigenvalue weighted by Crippen LogP contribution is 2.01. The van der Waals surface area contributed by atoms with Crippen molar-refractivity contribution in [3.63, 3.8) is 0 Å². The van der Waals surface area contributed by atoms with E-state index in [4.69, 9.17) is 26.2 Å². The van der Waals surface area contributed by atoms with Crippen LogP contribution in [0, 0.1) is 0 Å². The average molecular weight is 384 g/mol. The second-order valence-corrected chi connectivity index (χ2v) is 7.21. The number of rotatable bonds is 9. The second-order valence-electron chi connectivity index (χ2n) is 5.64. The molecule has 1 aliphatic heterocycles. The Balaban J connectivity index is 0.000000504. The Morgan fingerprint density at radius 3 is 1.92 bits per heavy atom. The van der Waals surface area contributed by atoms with Gasteiger partial charge in [0.25, 0.3) is 10.1 Å². The van der Waals surface area contributed by atoms with Crippen LogP contribution in [-0.4, -0.2) is 103 Å². The molecular formula is C13H28N4O7S. The molecule has 12 heteroatoms. The number of nitrogens with zero attached hydrogens (tertiary/aromatic N) is 2. The summed E-state index contributed by atoms with van der Waals surface area (Å²) >= 11 is 0. The van der Waals surface area contributed by atoms with Crippen molar-refractivity contribution in [2.75, 3.05) is 51.6 Å². The molecule has 1 unspecified atom stereocenters. The monoisotopic (exact) mass is 384 g/mol. The van der Waals surface area contributed by atoms with Gasteiger partial charge in [0.1, 0.15) is 6.04 Å². The van der Waals surface area contributed by atoms with Crippen molar-refractivity contribution >= 4 is 22.0 Å². The van der Waals surface area contributed by atoms with Crippen molar-refractivity contribution in [2.45, 2.75) is 18.9 Å². The van der Waals surface area contributed by atoms with E-state index in [0.717, 1.165) is 26.2 Å². The van der Waals surface area contributed by atoms with Gasteiger partial charge in [0.2, 0.25) is 5.91 Å². The molecule has 25 heavy (non-hydrogen) atoms. The second kappa shape index (κ2) is 12.1. The molecule has 1 atom stereocenters. The zero-order valence-electron chi connectivity index (χ0n) is 14.1. The Hall–Kier alpha value is -1.31. The number of nitrogens with two attached hydrogens (primary N) is 2. The first-order chi connectivity index (χ1) is 11.5. The Bertz CT molecular complexity index is 507. The number of aliphatic carboxylic acids is 1. The van der Waals surface area contributed by atoms with Crippen LogP contribution in [0.25, 0.3) is 0 Å². The van der Waals surface area contributed by atoms with Crippen molar-refractivity contribution in [3.05, 3.63) is 0 Å². The van der Waals surface area contributed by atoms with E-state index in [1.165, 1.54) is 0 Å². The Labute approximate surface area is 147 Å². The normalized spacial score (nSPS) is 17.4. The maximum absolute atomic E-state index is 10.5. The molecule has 11 nitrogen and oxygen atoms in total. The van der Waals surface area contributed by atoms with Crippen molar-refractivity contribution < 1.29 is 32.8 Å². The van der Waals surface area contributed by atoms with Gasteiger partial charge in [-0.3, -0.25) is 23.9 Å². The third-order valence-corrected chi connectivity index (χ3v) is 4.26. The van der Waals surface area contributed by atoms with Crippen LogP contribution in [0.1, 0.15) is 12.8 Å². The molecule has 1 heterocycles. The number of carbonyl (C=O) groups is 2. The minimum Gasteiger partial charge on any atom is -0.480 e. The molecule has 0 spiro atoms. The number of hydrogen-bond donors (Lipinski definition) is 5. The third-order valence-electron chi connectivity index (χ3n) is 3.57. The van der Waals surface area contributed by atoms with Gasteiger partial charge in [0.15, 0.2) is 0 Å². The van der Waals surface area contributed by atoms with Crippen LogP contribution in [0.2, 0.25) is 0 Å². The number of carbonyl (C=O) groups excluding carboxylic acids is 1. The summed E-state index contributed by atoms with van der Waals surface area (Å²) < 4.78 is 29.6. The fraction of sp³-hybridized carbons (Fsp3) is 0.846. The molecule has 0 saturated carbocycles. The molecule has 0 aliphatic carbocycles. The summed E-state index contributed by atoms with van der Waals surface area (Å²) in [4.78, 5) is 24.3. The molecular weight excluding hydrogens is 356 g/mol. The number of aliphatic hydroxyl groups is 1. The number of amides is 1. The van der Waals surface area contributed by atoms with Gasteiger partial charge < -0.3 is 21.7 Å². The summed E-state index contributed by atoms with van der Waals surface area (Å²) in [6.45, 7) is 4.46. The zero-order chi connectivity index (χ0) is 19.5. The van der Waals surface area contributed by atoms with Crippen LogP contribution in [-0.2, 0) is 19.7 Å². The van der Waals surface area contributed by atoms with Gasteiger partial charge in [-0.15, -0.1) is 0 Å². The lowest BCUT2D eigenvalue weighted by Gasteiger charge is -2.33. The van der Waals surface area contributed by atoms with E-state index < -0.39 is 28.0 Å². The maximum atomic E-state index is 10.5. The number of hydrogen-bond acceptors (Lipinski definition) is 8. The molecule has 1 amide bonds. The molecule has 1 fully saturated rings. The largest absolute Gasteiger partial charge is 0.480 e. The van der Waals surface area contributed by atoms with E-state index in [1.54, 1.807) is 0 Å². The van der Waals surface area contributed by atoms with Gasteiger partial charge in [0, 0.05) is 45.7 Å². The summed E-state index contributed by atoms with van der Waals surface area (Å²) in [5.74, 6) is -1.84. The molecule has 0 bridgehead atoms. The Morgan fingerprint density at radius 1 is 1.08 bits per heavy atom. The SMILES string of the molecule is NC(=O)CCC(N)C(=O)O.O=S(=O)(O)CCN1CCN(CCO)CC1. The molecule has 1 rings (SSSR count). The fourth-order valence-electron chi connectivity index (χ4n) is 2.04. The van der Waals surface area contributed by atoms with Crippen molar-refractivity contribution in [1.82, 2.24) is 9.80 Å². The van der Waals surface area contributed by atoms with Crippen molar-refractivity contribution in [1.29, 1.82) is 0 Å². The van der Waals surface area contributed by atoms with Crippen LogP contribution in [0.5, 0.6) is 0 Å². The van der Waals surface area contributed by atoms with E-state index in [2.05, 4.69) is 4.90 Å². The first kappa shape index (κ1) is 23.7. The standard InChI is InChI=1S/C8H18N2O4S.C5H10N2O3/c11-7-5-9-1-3-10(4-2-9)6-8-15(12,13)14;6-3(5(9)10)1-2-4(7)8/h11H,1-8H2,(H,12,13,14);3H,1-2,6H2,(H2,7,8)(H,9,10). The van der Waals surface area contributed by atoms with Crippen molar-refractivity contribution in [2.24, 2.45) is 11.5 Å². The van der Waals surface area contributed by atoms with Gasteiger partial charge in [-0.1, -0.05) is 0 Å². The van der Waals surface area contributed by atoms with Gasteiger partial charge in [-0.05, 0) is 6.42 Å². The lowest BCUT2D eigenvalue weighted by Crippen LogP contribution is -2.48. The number of piperazine rings is 1. The smallest absolute Gasteiger partial charge is 0.320 e. The van der Waals surface area contributed by atoms with E-state index in [-0.39, 0.29) is 25.2 Å². The first-order valence-corrected chi connectivity index (χ1v) is 9.43. The summed E-state index contributed by atoms with van der Waals surface area (Å²) in [6, 6.07) is -0.979. The first-order valence-electron chi connectivity index (χ1n) is 7.82. The number of carboxylic acids is 1. The average Bonchev–Trinajstić information content (AvgIpc) is 2.52. The third kappa shape index (κ3) is 13.6. The molecule has 0 aromatic rings. The van der Waals surface area contributed by atoms with Gasteiger partial charge >= 0.3 is 5.97 Å². The predicted molar refractivity (Wildman–Crippen MR) is 90.4 cm³/mol.